The molecule has 0 aliphatic heterocycles. The number of carbonyl (C=O) groups is 3. The lowest BCUT2D eigenvalue weighted by Gasteiger charge is -2.42. The predicted octanol–water partition coefficient (Wildman–Crippen LogP) is 2.70. The van der Waals surface area contributed by atoms with Crippen molar-refractivity contribution in [2.45, 2.75) is 53.4 Å². The summed E-state index contributed by atoms with van der Waals surface area (Å²) in [6.45, 7) is 7.31. The first-order chi connectivity index (χ1) is 8.70. The van der Waals surface area contributed by atoms with E-state index in [1.54, 1.807) is 6.92 Å². The van der Waals surface area contributed by atoms with Crippen LogP contribution in [0.15, 0.2) is 0 Å². The first kappa shape index (κ1) is 15.9. The summed E-state index contributed by atoms with van der Waals surface area (Å²) in [5.74, 6) is -1.24. The molecule has 0 bridgehead atoms. The van der Waals surface area contributed by atoms with Crippen LogP contribution >= 0.6 is 0 Å². The van der Waals surface area contributed by atoms with E-state index in [9.17, 15) is 14.4 Å². The van der Waals surface area contributed by atoms with Crippen LogP contribution in [0.5, 0.6) is 0 Å². The maximum Gasteiger partial charge on any atom is 0.303 e. The second-order valence-corrected chi connectivity index (χ2v) is 6.26. The zero-order valence-electron chi connectivity index (χ0n) is 12.2. The Morgan fingerprint density at radius 3 is 2.37 bits per heavy atom. The van der Waals surface area contributed by atoms with Gasteiger partial charge in [0.2, 0.25) is 0 Å². The Labute approximate surface area is 114 Å². The molecule has 3 atom stereocenters. The summed E-state index contributed by atoms with van der Waals surface area (Å²) in [6.07, 6.45) is 1.46. The standard InChI is InChI=1S/C15H24O4/c1-9(2)14(19)15(11(4)7-13(17)18)6-5-10(3)12(16)8-15/h9-11H,5-8H2,1-4H3,(H,17,18)/t10-,11+,15-/m1/s1. The van der Waals surface area contributed by atoms with Gasteiger partial charge in [-0.05, 0) is 18.8 Å². The van der Waals surface area contributed by atoms with Gasteiger partial charge in [-0.3, -0.25) is 14.4 Å². The first-order valence-electron chi connectivity index (χ1n) is 6.99. The van der Waals surface area contributed by atoms with Crippen molar-refractivity contribution < 1.29 is 19.5 Å². The molecule has 1 N–H and O–H groups in total. The number of ketones is 2. The van der Waals surface area contributed by atoms with Crippen LogP contribution in [0.1, 0.15) is 53.4 Å². The molecule has 19 heavy (non-hydrogen) atoms. The molecular formula is C15H24O4. The van der Waals surface area contributed by atoms with Gasteiger partial charge in [-0.1, -0.05) is 27.7 Å². The molecule has 1 aliphatic carbocycles. The number of carbonyl (C=O) groups excluding carboxylic acids is 2. The van der Waals surface area contributed by atoms with Gasteiger partial charge >= 0.3 is 5.97 Å². The van der Waals surface area contributed by atoms with Gasteiger partial charge < -0.3 is 5.11 Å². The van der Waals surface area contributed by atoms with E-state index in [0.29, 0.717) is 12.8 Å². The summed E-state index contributed by atoms with van der Waals surface area (Å²) >= 11 is 0. The number of aliphatic carboxylic acids is 1. The van der Waals surface area contributed by atoms with Gasteiger partial charge in [-0.25, -0.2) is 0 Å². The van der Waals surface area contributed by atoms with Crippen molar-refractivity contribution >= 4 is 17.5 Å². The average molecular weight is 268 g/mol. The van der Waals surface area contributed by atoms with E-state index in [4.69, 9.17) is 5.11 Å². The normalized spacial score (nSPS) is 29.3. The minimum atomic E-state index is -0.908. The highest BCUT2D eigenvalue weighted by atomic mass is 16.4. The Morgan fingerprint density at radius 2 is 1.95 bits per heavy atom. The molecule has 0 heterocycles. The second kappa shape index (κ2) is 5.85. The maximum absolute atomic E-state index is 12.5. The van der Waals surface area contributed by atoms with Crippen LogP contribution in [0.3, 0.4) is 0 Å². The predicted molar refractivity (Wildman–Crippen MR) is 71.7 cm³/mol. The Bertz CT molecular complexity index is 386. The van der Waals surface area contributed by atoms with Gasteiger partial charge in [-0.2, -0.15) is 0 Å². The third-order valence-electron chi connectivity index (χ3n) is 4.50. The van der Waals surface area contributed by atoms with Gasteiger partial charge in [-0.15, -0.1) is 0 Å². The van der Waals surface area contributed by atoms with Gasteiger partial charge in [0.15, 0.2) is 0 Å². The summed E-state index contributed by atoms with van der Waals surface area (Å²) < 4.78 is 0. The van der Waals surface area contributed by atoms with Crippen molar-refractivity contribution in [2.24, 2.45) is 23.2 Å². The Morgan fingerprint density at radius 1 is 1.37 bits per heavy atom. The lowest BCUT2D eigenvalue weighted by atomic mass is 9.59. The third-order valence-corrected chi connectivity index (χ3v) is 4.50. The van der Waals surface area contributed by atoms with Crippen LogP contribution in [0.4, 0.5) is 0 Å². The molecule has 0 unspecified atom stereocenters. The fourth-order valence-electron chi connectivity index (χ4n) is 3.11. The van der Waals surface area contributed by atoms with E-state index in [1.165, 1.54) is 0 Å². The summed E-state index contributed by atoms with van der Waals surface area (Å²) in [5.41, 5.74) is -0.768. The number of carboxylic acids is 1. The van der Waals surface area contributed by atoms with Crippen molar-refractivity contribution in [1.29, 1.82) is 0 Å². The molecular weight excluding hydrogens is 244 g/mol. The van der Waals surface area contributed by atoms with Crippen molar-refractivity contribution in [3.8, 4) is 0 Å². The fourth-order valence-corrected chi connectivity index (χ4v) is 3.11. The summed E-state index contributed by atoms with van der Waals surface area (Å²) in [6, 6.07) is 0. The molecule has 0 radical (unpaired) electrons. The van der Waals surface area contributed by atoms with Crippen LogP contribution in [0.25, 0.3) is 0 Å². The molecule has 0 aromatic heterocycles. The highest BCUT2D eigenvalue weighted by molar-refractivity contribution is 5.94. The SMILES string of the molecule is CC(C)C(=O)[C@]1([C@@H](C)CC(=O)O)CC[C@@H](C)C(=O)C1. The largest absolute Gasteiger partial charge is 0.481 e. The highest BCUT2D eigenvalue weighted by Gasteiger charge is 2.48. The maximum atomic E-state index is 12.5. The minimum Gasteiger partial charge on any atom is -0.481 e. The molecule has 1 rings (SSSR count). The molecule has 0 aromatic rings. The minimum absolute atomic E-state index is 0.00915. The van der Waals surface area contributed by atoms with Crippen LogP contribution in [0, 0.1) is 23.2 Å². The van der Waals surface area contributed by atoms with E-state index in [0.717, 1.165) is 0 Å². The monoisotopic (exact) mass is 268 g/mol. The number of rotatable bonds is 5. The van der Waals surface area contributed by atoms with Crippen LogP contribution in [0.2, 0.25) is 0 Å². The van der Waals surface area contributed by atoms with Crippen LogP contribution < -0.4 is 0 Å². The molecule has 0 spiro atoms. The smallest absolute Gasteiger partial charge is 0.303 e. The number of carboxylic acid groups (broad SMARTS) is 1. The summed E-state index contributed by atoms with van der Waals surface area (Å²) in [4.78, 5) is 35.5. The van der Waals surface area contributed by atoms with E-state index in [-0.39, 0.29) is 42.2 Å². The van der Waals surface area contributed by atoms with Gasteiger partial charge in [0.05, 0.1) is 0 Å². The van der Waals surface area contributed by atoms with E-state index in [2.05, 4.69) is 0 Å². The van der Waals surface area contributed by atoms with E-state index in [1.807, 2.05) is 20.8 Å². The molecule has 1 fully saturated rings. The van der Waals surface area contributed by atoms with Gasteiger partial charge in [0.1, 0.15) is 11.6 Å². The summed E-state index contributed by atoms with van der Waals surface area (Å²) in [7, 11) is 0. The second-order valence-electron chi connectivity index (χ2n) is 6.26. The molecule has 4 nitrogen and oxygen atoms in total. The molecule has 1 aliphatic rings. The average Bonchev–Trinajstić information content (AvgIpc) is 2.30. The number of hydrogen-bond acceptors (Lipinski definition) is 3. The lowest BCUT2D eigenvalue weighted by Crippen LogP contribution is -2.46. The zero-order valence-corrected chi connectivity index (χ0v) is 12.2. The fraction of sp³-hybridized carbons (Fsp3) is 0.800. The van der Waals surface area contributed by atoms with Crippen molar-refractivity contribution in [1.82, 2.24) is 0 Å². The molecule has 0 amide bonds. The molecule has 1 saturated carbocycles. The third kappa shape index (κ3) is 3.23. The topological polar surface area (TPSA) is 71.4 Å². The number of hydrogen-bond donors (Lipinski definition) is 1. The highest BCUT2D eigenvalue weighted by Crippen LogP contribution is 2.46. The van der Waals surface area contributed by atoms with Gasteiger partial charge in [0.25, 0.3) is 0 Å². The number of Topliss-reactive ketones (excluding diaryl/α,β-unsaturated/α-hetero) is 2. The van der Waals surface area contributed by atoms with E-state index >= 15 is 0 Å². The van der Waals surface area contributed by atoms with Crippen LogP contribution in [-0.2, 0) is 14.4 Å². The quantitative estimate of drug-likeness (QED) is 0.832. The molecule has 0 aromatic carbocycles. The van der Waals surface area contributed by atoms with Crippen molar-refractivity contribution in [3.05, 3.63) is 0 Å². The van der Waals surface area contributed by atoms with Crippen molar-refractivity contribution in [2.75, 3.05) is 0 Å². The molecule has 108 valence electrons. The molecule has 0 saturated heterocycles. The van der Waals surface area contributed by atoms with Crippen molar-refractivity contribution in [3.63, 3.8) is 0 Å². The lowest BCUT2D eigenvalue weighted by molar-refractivity contribution is -0.149. The summed E-state index contributed by atoms with van der Waals surface area (Å²) in [5, 5.41) is 8.97. The molecule has 4 heteroatoms. The Hall–Kier alpha value is -1.19. The van der Waals surface area contributed by atoms with Gasteiger partial charge in [0, 0.05) is 30.1 Å². The van der Waals surface area contributed by atoms with Crippen LogP contribution in [-0.4, -0.2) is 22.6 Å². The Balaban J connectivity index is 3.07. The Kier molecular flexibility index (Phi) is 4.88. The zero-order chi connectivity index (χ0) is 14.8. The van der Waals surface area contributed by atoms with E-state index < -0.39 is 11.4 Å². The first-order valence-corrected chi connectivity index (χ1v) is 6.99.